The van der Waals surface area contributed by atoms with E-state index in [4.69, 9.17) is 0 Å². The summed E-state index contributed by atoms with van der Waals surface area (Å²) in [6.45, 7) is 4.32. The fraction of sp³-hybridized carbons (Fsp3) is 0.0625. The lowest BCUT2D eigenvalue weighted by molar-refractivity contribution is 1.06. The summed E-state index contributed by atoms with van der Waals surface area (Å²) in [6, 6.07) is 40.6. The molecular weight excluding hydrogens is 412 g/mol. The van der Waals surface area contributed by atoms with Gasteiger partial charge in [0.2, 0.25) is 0 Å². The van der Waals surface area contributed by atoms with Crippen LogP contribution in [0.4, 0.5) is 17.1 Å². The number of nitrogens with zero attached hydrogens (tertiary/aromatic N) is 2. The number of benzene rings is 4. The molecular formula is C32H28N2. The maximum absolute atomic E-state index is 2.32. The van der Waals surface area contributed by atoms with Crippen LogP contribution in [0.15, 0.2) is 121 Å². The highest BCUT2D eigenvalue weighted by Gasteiger charge is 2.14. The van der Waals surface area contributed by atoms with E-state index in [1.807, 2.05) is 6.07 Å². The van der Waals surface area contributed by atoms with Gasteiger partial charge in [0.15, 0.2) is 0 Å². The van der Waals surface area contributed by atoms with Crippen LogP contribution in [0.1, 0.15) is 22.4 Å². The third-order valence-electron chi connectivity index (χ3n) is 6.02. The minimum Gasteiger partial charge on any atom is -0.317 e. The van der Waals surface area contributed by atoms with Crippen molar-refractivity contribution in [2.24, 2.45) is 0 Å². The standard InChI is InChI=1S/C32H28N2/c1-25-15-22-32(26(2)24-25)34(30-12-7-4-8-13-30)31-20-17-27(18-21-31)16-19-29-14-9-23-33(29)28-10-5-3-6-11-28/h3-24H,1-2H3/b19-16+. The number of rotatable bonds is 6. The SMILES string of the molecule is Cc1ccc(N(c2ccccc2)c2ccc(/C=C/c3cccn3-c3ccccc3)cc2)c(C)c1. The van der Waals surface area contributed by atoms with Gasteiger partial charge in [-0.05, 0) is 85.6 Å². The van der Waals surface area contributed by atoms with Crippen LogP contribution < -0.4 is 4.90 Å². The number of hydrogen-bond donors (Lipinski definition) is 0. The van der Waals surface area contributed by atoms with Crippen LogP contribution in [0.2, 0.25) is 0 Å². The highest BCUT2D eigenvalue weighted by atomic mass is 15.1. The lowest BCUT2D eigenvalue weighted by Gasteiger charge is -2.27. The van der Waals surface area contributed by atoms with Crippen molar-refractivity contribution in [3.8, 4) is 5.69 Å². The van der Waals surface area contributed by atoms with E-state index in [0.29, 0.717) is 0 Å². The molecule has 0 aliphatic carbocycles. The maximum Gasteiger partial charge on any atom is 0.0490 e. The molecule has 0 unspecified atom stereocenters. The topological polar surface area (TPSA) is 8.17 Å². The molecule has 166 valence electrons. The minimum absolute atomic E-state index is 1.14. The Kier molecular flexibility index (Phi) is 6.13. The maximum atomic E-state index is 2.32. The molecule has 0 radical (unpaired) electrons. The second-order valence-electron chi connectivity index (χ2n) is 8.52. The van der Waals surface area contributed by atoms with E-state index >= 15 is 0 Å². The predicted octanol–water partition coefficient (Wildman–Crippen LogP) is 8.73. The highest BCUT2D eigenvalue weighted by molar-refractivity contribution is 5.79. The first-order chi connectivity index (χ1) is 16.7. The van der Waals surface area contributed by atoms with E-state index in [9.17, 15) is 0 Å². The Morgan fingerprint density at radius 3 is 2.00 bits per heavy atom. The first-order valence-corrected chi connectivity index (χ1v) is 11.6. The Labute approximate surface area is 202 Å². The van der Waals surface area contributed by atoms with Crippen LogP contribution in [0.25, 0.3) is 17.8 Å². The third-order valence-corrected chi connectivity index (χ3v) is 6.02. The molecule has 1 aromatic heterocycles. The summed E-state index contributed by atoms with van der Waals surface area (Å²) in [5, 5.41) is 0. The number of anilines is 3. The first kappa shape index (κ1) is 21.5. The van der Waals surface area contributed by atoms with Gasteiger partial charge in [-0.25, -0.2) is 0 Å². The lowest BCUT2D eigenvalue weighted by Crippen LogP contribution is -2.11. The van der Waals surface area contributed by atoms with Crippen molar-refractivity contribution in [1.29, 1.82) is 0 Å². The average molecular weight is 441 g/mol. The molecule has 0 saturated heterocycles. The van der Waals surface area contributed by atoms with Gasteiger partial charge in [0, 0.05) is 34.6 Å². The molecule has 1 heterocycles. The summed E-state index contributed by atoms with van der Waals surface area (Å²) in [7, 11) is 0. The van der Waals surface area contributed by atoms with Gasteiger partial charge in [-0.3, -0.25) is 0 Å². The average Bonchev–Trinajstić information content (AvgIpc) is 3.35. The van der Waals surface area contributed by atoms with Gasteiger partial charge in [0.25, 0.3) is 0 Å². The Bertz CT molecular complexity index is 1390. The van der Waals surface area contributed by atoms with Gasteiger partial charge in [-0.2, -0.15) is 0 Å². The van der Waals surface area contributed by atoms with Crippen LogP contribution >= 0.6 is 0 Å². The van der Waals surface area contributed by atoms with Gasteiger partial charge in [-0.15, -0.1) is 0 Å². The van der Waals surface area contributed by atoms with E-state index in [0.717, 1.165) is 22.8 Å². The van der Waals surface area contributed by atoms with Crippen molar-refractivity contribution < 1.29 is 0 Å². The number of para-hydroxylation sites is 2. The molecule has 0 bridgehead atoms. The zero-order valence-corrected chi connectivity index (χ0v) is 19.6. The Morgan fingerprint density at radius 2 is 1.29 bits per heavy atom. The quantitative estimate of drug-likeness (QED) is 0.256. The first-order valence-electron chi connectivity index (χ1n) is 11.6. The van der Waals surface area contributed by atoms with E-state index < -0.39 is 0 Å². The molecule has 0 amide bonds. The Morgan fingerprint density at radius 1 is 0.618 bits per heavy atom. The van der Waals surface area contributed by atoms with Gasteiger partial charge >= 0.3 is 0 Å². The molecule has 0 fully saturated rings. The Balaban J connectivity index is 1.45. The fourth-order valence-electron chi connectivity index (χ4n) is 4.33. The molecule has 5 rings (SSSR count). The third kappa shape index (κ3) is 4.57. The molecule has 0 atom stereocenters. The lowest BCUT2D eigenvalue weighted by atomic mass is 10.1. The molecule has 2 heteroatoms. The highest BCUT2D eigenvalue weighted by Crippen LogP contribution is 2.36. The largest absolute Gasteiger partial charge is 0.317 e. The van der Waals surface area contributed by atoms with E-state index in [1.54, 1.807) is 0 Å². The van der Waals surface area contributed by atoms with E-state index in [2.05, 4.69) is 151 Å². The monoisotopic (exact) mass is 440 g/mol. The molecule has 0 saturated carbocycles. The second kappa shape index (κ2) is 9.68. The smallest absolute Gasteiger partial charge is 0.0490 e. The zero-order valence-electron chi connectivity index (χ0n) is 19.6. The number of hydrogen-bond acceptors (Lipinski definition) is 1. The van der Waals surface area contributed by atoms with Crippen LogP contribution in [-0.2, 0) is 0 Å². The van der Waals surface area contributed by atoms with Crippen molar-refractivity contribution in [2.45, 2.75) is 13.8 Å². The summed E-state index contributed by atoms with van der Waals surface area (Å²) in [5.74, 6) is 0. The van der Waals surface area contributed by atoms with Crippen molar-refractivity contribution in [2.75, 3.05) is 4.90 Å². The van der Waals surface area contributed by atoms with Crippen LogP contribution in [0, 0.1) is 13.8 Å². The van der Waals surface area contributed by atoms with Gasteiger partial charge in [0.05, 0.1) is 0 Å². The summed E-state index contributed by atoms with van der Waals surface area (Å²) in [4.78, 5) is 2.32. The molecule has 2 nitrogen and oxygen atoms in total. The van der Waals surface area contributed by atoms with Crippen molar-refractivity contribution in [3.63, 3.8) is 0 Å². The zero-order chi connectivity index (χ0) is 23.3. The molecule has 0 aliphatic rings. The predicted molar refractivity (Wildman–Crippen MR) is 145 cm³/mol. The molecule has 0 aliphatic heterocycles. The summed E-state index contributed by atoms with van der Waals surface area (Å²) >= 11 is 0. The molecule has 0 spiro atoms. The van der Waals surface area contributed by atoms with Gasteiger partial charge < -0.3 is 9.47 Å². The van der Waals surface area contributed by atoms with E-state index in [-0.39, 0.29) is 0 Å². The van der Waals surface area contributed by atoms with Crippen LogP contribution in [-0.4, -0.2) is 4.57 Å². The number of aromatic nitrogens is 1. The van der Waals surface area contributed by atoms with Crippen molar-refractivity contribution in [1.82, 2.24) is 4.57 Å². The van der Waals surface area contributed by atoms with Crippen molar-refractivity contribution in [3.05, 3.63) is 144 Å². The fourth-order valence-corrected chi connectivity index (χ4v) is 4.33. The summed E-state index contributed by atoms with van der Waals surface area (Å²) in [6.07, 6.45) is 6.43. The normalized spacial score (nSPS) is 11.1. The molecule has 0 N–H and O–H groups in total. The van der Waals surface area contributed by atoms with Gasteiger partial charge in [-0.1, -0.05) is 72.3 Å². The molecule has 34 heavy (non-hydrogen) atoms. The van der Waals surface area contributed by atoms with Crippen LogP contribution in [0.5, 0.6) is 0 Å². The minimum atomic E-state index is 1.14. The van der Waals surface area contributed by atoms with Crippen LogP contribution in [0.3, 0.4) is 0 Å². The molecule has 5 aromatic rings. The summed E-state index contributed by atoms with van der Waals surface area (Å²) < 4.78 is 2.20. The summed E-state index contributed by atoms with van der Waals surface area (Å²) in [5.41, 5.74) is 9.50. The van der Waals surface area contributed by atoms with Gasteiger partial charge in [0.1, 0.15) is 0 Å². The van der Waals surface area contributed by atoms with Crippen molar-refractivity contribution >= 4 is 29.2 Å². The Hall–Kier alpha value is -4.30. The van der Waals surface area contributed by atoms with E-state index in [1.165, 1.54) is 22.4 Å². The second-order valence-corrected chi connectivity index (χ2v) is 8.52. The number of aryl methyl sites for hydroxylation is 2. The molecule has 4 aromatic carbocycles.